The Labute approximate surface area is 102 Å². The molecule has 1 aromatic heterocycles. The molecule has 0 aromatic carbocycles. The second-order valence-electron chi connectivity index (χ2n) is 4.39. The average Bonchev–Trinajstić information content (AvgIpc) is 2.39. The van der Waals surface area contributed by atoms with Gasteiger partial charge in [0, 0.05) is 37.6 Å². The molecule has 1 aromatic rings. The Morgan fingerprint density at radius 1 is 1.22 bits per heavy atom. The molecule has 0 aliphatic carbocycles. The molecule has 4 nitrogen and oxygen atoms in total. The van der Waals surface area contributed by atoms with Crippen LogP contribution in [0.4, 0.5) is 13.2 Å². The van der Waals surface area contributed by atoms with E-state index in [9.17, 15) is 13.2 Å². The highest BCUT2D eigenvalue weighted by Crippen LogP contribution is 2.34. The first-order valence-electron chi connectivity index (χ1n) is 5.65. The summed E-state index contributed by atoms with van der Waals surface area (Å²) < 4.78 is 42.4. The fraction of sp³-hybridized carbons (Fsp3) is 0.636. The van der Waals surface area contributed by atoms with E-state index in [4.69, 9.17) is 10.5 Å². The first kappa shape index (κ1) is 13.2. The molecule has 1 fully saturated rings. The second-order valence-corrected chi connectivity index (χ2v) is 4.39. The minimum absolute atomic E-state index is 0.352. The first-order valence-corrected chi connectivity index (χ1v) is 5.65. The van der Waals surface area contributed by atoms with Gasteiger partial charge in [-0.05, 0) is 18.4 Å². The summed E-state index contributed by atoms with van der Waals surface area (Å²) in [6, 6.07) is 0. The molecule has 0 amide bonds. The maximum atomic E-state index is 12.4. The Hall–Kier alpha value is -1.21. The van der Waals surface area contributed by atoms with Gasteiger partial charge in [0.15, 0.2) is 0 Å². The van der Waals surface area contributed by atoms with Gasteiger partial charge in [-0.3, -0.25) is 0 Å². The molecule has 0 spiro atoms. The van der Waals surface area contributed by atoms with Crippen LogP contribution in [-0.2, 0) is 16.3 Å². The fourth-order valence-corrected chi connectivity index (χ4v) is 2.12. The topological polar surface area (TPSA) is 61.0 Å². The van der Waals surface area contributed by atoms with Gasteiger partial charge < -0.3 is 10.5 Å². The summed E-state index contributed by atoms with van der Waals surface area (Å²) in [5.74, 6) is -1.12. The number of halogens is 3. The zero-order valence-electron chi connectivity index (χ0n) is 9.70. The largest absolute Gasteiger partial charge is 0.451 e. The Kier molecular flexibility index (Phi) is 3.54. The van der Waals surface area contributed by atoms with E-state index in [0.717, 1.165) is 0 Å². The number of hydrogen-bond acceptors (Lipinski definition) is 4. The Morgan fingerprint density at radius 2 is 1.78 bits per heavy atom. The van der Waals surface area contributed by atoms with Crippen LogP contribution in [0.3, 0.4) is 0 Å². The van der Waals surface area contributed by atoms with Crippen LogP contribution in [0.2, 0.25) is 0 Å². The monoisotopic (exact) mass is 261 g/mol. The van der Waals surface area contributed by atoms with Crippen molar-refractivity contribution in [3.63, 3.8) is 0 Å². The fourth-order valence-electron chi connectivity index (χ4n) is 2.12. The number of hydrogen-bond donors (Lipinski definition) is 1. The van der Waals surface area contributed by atoms with Gasteiger partial charge in [0.1, 0.15) is 0 Å². The van der Waals surface area contributed by atoms with E-state index in [-0.39, 0.29) is 5.41 Å². The zero-order valence-corrected chi connectivity index (χ0v) is 9.70. The highest BCUT2D eigenvalue weighted by Gasteiger charge is 2.37. The van der Waals surface area contributed by atoms with Gasteiger partial charge in [-0.1, -0.05) is 0 Å². The van der Waals surface area contributed by atoms with Crippen LogP contribution in [0.25, 0.3) is 0 Å². The van der Waals surface area contributed by atoms with Gasteiger partial charge in [0.25, 0.3) is 0 Å². The van der Waals surface area contributed by atoms with Crippen LogP contribution < -0.4 is 5.73 Å². The summed E-state index contributed by atoms with van der Waals surface area (Å²) in [7, 11) is 0. The number of aromatic nitrogens is 2. The smallest absolute Gasteiger partial charge is 0.381 e. The van der Waals surface area contributed by atoms with E-state index in [0.29, 0.717) is 38.2 Å². The van der Waals surface area contributed by atoms with E-state index >= 15 is 0 Å². The van der Waals surface area contributed by atoms with E-state index in [1.165, 1.54) is 12.4 Å². The standard InChI is InChI=1S/C11H14F3N3O/c12-11(13,14)9-16-5-8(6-17-9)10(7-15)1-3-18-4-2-10/h5-6H,1-4,7,15H2. The summed E-state index contributed by atoms with van der Waals surface area (Å²) in [5.41, 5.74) is 6.06. The molecule has 100 valence electrons. The van der Waals surface area contributed by atoms with Gasteiger partial charge in [0.05, 0.1) is 0 Å². The molecule has 7 heteroatoms. The van der Waals surface area contributed by atoms with Crippen molar-refractivity contribution < 1.29 is 17.9 Å². The second kappa shape index (κ2) is 4.81. The van der Waals surface area contributed by atoms with Crippen molar-refractivity contribution in [3.8, 4) is 0 Å². The molecule has 0 bridgehead atoms. The highest BCUT2D eigenvalue weighted by molar-refractivity contribution is 5.21. The Morgan fingerprint density at radius 3 is 2.22 bits per heavy atom. The molecule has 1 aliphatic rings. The van der Waals surface area contributed by atoms with Gasteiger partial charge in [0.2, 0.25) is 5.82 Å². The van der Waals surface area contributed by atoms with E-state index < -0.39 is 12.0 Å². The normalized spacial score (nSPS) is 19.8. The maximum absolute atomic E-state index is 12.4. The SMILES string of the molecule is NCC1(c2cnc(C(F)(F)F)nc2)CCOCC1. The molecule has 0 radical (unpaired) electrons. The van der Waals surface area contributed by atoms with Crippen LogP contribution in [0.1, 0.15) is 24.2 Å². The molecular weight excluding hydrogens is 247 g/mol. The number of alkyl halides is 3. The average molecular weight is 261 g/mol. The molecule has 1 aliphatic heterocycles. The Bertz CT molecular complexity index is 399. The minimum Gasteiger partial charge on any atom is -0.381 e. The third-order valence-electron chi connectivity index (χ3n) is 3.36. The van der Waals surface area contributed by atoms with Crippen LogP contribution in [0.15, 0.2) is 12.4 Å². The summed E-state index contributed by atoms with van der Waals surface area (Å²) in [4.78, 5) is 6.77. The summed E-state index contributed by atoms with van der Waals surface area (Å²) >= 11 is 0. The van der Waals surface area contributed by atoms with Crippen molar-refractivity contribution in [3.05, 3.63) is 23.8 Å². The number of nitrogens with zero attached hydrogens (tertiary/aromatic N) is 2. The van der Waals surface area contributed by atoms with Crippen molar-refractivity contribution in [2.75, 3.05) is 19.8 Å². The van der Waals surface area contributed by atoms with E-state index in [1.807, 2.05) is 0 Å². The summed E-state index contributed by atoms with van der Waals surface area (Å²) in [6.45, 7) is 1.46. The molecule has 0 unspecified atom stereocenters. The van der Waals surface area contributed by atoms with Crippen LogP contribution in [-0.4, -0.2) is 29.7 Å². The van der Waals surface area contributed by atoms with Gasteiger partial charge in [-0.15, -0.1) is 0 Å². The molecule has 18 heavy (non-hydrogen) atoms. The summed E-state index contributed by atoms with van der Waals surface area (Å²) in [6.07, 6.45) is -0.692. The number of ether oxygens (including phenoxy) is 1. The Balaban J connectivity index is 2.27. The molecule has 2 rings (SSSR count). The molecule has 2 heterocycles. The lowest BCUT2D eigenvalue weighted by molar-refractivity contribution is -0.145. The minimum atomic E-state index is -4.51. The van der Waals surface area contributed by atoms with Crippen molar-refractivity contribution >= 4 is 0 Å². The van der Waals surface area contributed by atoms with Crippen LogP contribution >= 0.6 is 0 Å². The van der Waals surface area contributed by atoms with Crippen LogP contribution in [0.5, 0.6) is 0 Å². The van der Waals surface area contributed by atoms with Crippen molar-refractivity contribution in [1.82, 2.24) is 9.97 Å². The van der Waals surface area contributed by atoms with Gasteiger partial charge in [-0.25, -0.2) is 9.97 Å². The first-order chi connectivity index (χ1) is 8.48. The van der Waals surface area contributed by atoms with Crippen molar-refractivity contribution in [2.45, 2.75) is 24.4 Å². The lowest BCUT2D eigenvalue weighted by Crippen LogP contribution is -2.40. The molecule has 1 saturated heterocycles. The predicted octanol–water partition coefficient (Wildman–Crippen LogP) is 1.50. The third kappa shape index (κ3) is 2.46. The van der Waals surface area contributed by atoms with Crippen molar-refractivity contribution in [1.29, 1.82) is 0 Å². The van der Waals surface area contributed by atoms with Gasteiger partial charge in [-0.2, -0.15) is 13.2 Å². The lowest BCUT2D eigenvalue weighted by Gasteiger charge is -2.36. The predicted molar refractivity (Wildman–Crippen MR) is 57.8 cm³/mol. The number of rotatable bonds is 2. The third-order valence-corrected chi connectivity index (χ3v) is 3.36. The molecular formula is C11H14F3N3O. The molecule has 0 atom stereocenters. The van der Waals surface area contributed by atoms with E-state index in [1.54, 1.807) is 0 Å². The summed E-state index contributed by atoms with van der Waals surface area (Å²) in [5, 5.41) is 0. The maximum Gasteiger partial charge on any atom is 0.451 e. The zero-order chi connectivity index (χ0) is 13.2. The van der Waals surface area contributed by atoms with Gasteiger partial charge >= 0.3 is 6.18 Å². The quantitative estimate of drug-likeness (QED) is 0.876. The van der Waals surface area contributed by atoms with E-state index in [2.05, 4.69) is 9.97 Å². The highest BCUT2D eigenvalue weighted by atomic mass is 19.4. The molecule has 2 N–H and O–H groups in total. The molecule has 0 saturated carbocycles. The number of nitrogens with two attached hydrogens (primary N) is 1. The van der Waals surface area contributed by atoms with Crippen LogP contribution in [0, 0.1) is 0 Å². The van der Waals surface area contributed by atoms with Crippen molar-refractivity contribution in [2.24, 2.45) is 5.73 Å². The lowest BCUT2D eigenvalue weighted by atomic mass is 9.75.